The van der Waals surface area contributed by atoms with Gasteiger partial charge in [-0.3, -0.25) is 10.1 Å². The van der Waals surface area contributed by atoms with Crippen LogP contribution in [0.4, 0.5) is 5.69 Å². The minimum absolute atomic E-state index is 0.125. The summed E-state index contributed by atoms with van der Waals surface area (Å²) in [5.74, 6) is 0.783. The number of H-pyrrole nitrogens is 1. The largest absolute Gasteiger partial charge is 0.493 e. The van der Waals surface area contributed by atoms with Gasteiger partial charge in [0, 0.05) is 40.0 Å². The van der Waals surface area contributed by atoms with Gasteiger partial charge in [0.25, 0.3) is 0 Å². The molecule has 2 aromatic carbocycles. The molecule has 0 fully saturated rings. The lowest BCUT2D eigenvalue weighted by atomic mass is 9.98. The van der Waals surface area contributed by atoms with Gasteiger partial charge in [-0.05, 0) is 56.3 Å². The number of aromatic amines is 1. The zero-order valence-electron chi connectivity index (χ0n) is 16.9. The first-order valence-corrected chi connectivity index (χ1v) is 9.98. The van der Waals surface area contributed by atoms with E-state index in [1.807, 2.05) is 38.1 Å². The monoisotopic (exact) mass is 395 g/mol. The summed E-state index contributed by atoms with van der Waals surface area (Å²) in [6.45, 7) is 4.62. The van der Waals surface area contributed by atoms with Gasteiger partial charge in [0.2, 0.25) is 0 Å². The first kappa shape index (κ1) is 18.2. The standard InChI is InChI=1S/C24H21N5O/c1-14-9-17(10-15(2)26-14)24-20-12-18(4-6-22(20)28-29-24)27-21-7-8-30-23-11-16(13-25)3-5-19(21)23/h3-6,9-12,21,27H,7-8H2,1-2H3,(H,28,29)/t21-/m1/s1. The molecule has 0 unspecified atom stereocenters. The van der Waals surface area contributed by atoms with Crippen LogP contribution >= 0.6 is 0 Å². The highest BCUT2D eigenvalue weighted by Gasteiger charge is 2.22. The second-order valence-corrected chi connectivity index (χ2v) is 7.67. The van der Waals surface area contributed by atoms with Crippen LogP contribution in [0.15, 0.2) is 48.5 Å². The van der Waals surface area contributed by atoms with Crippen molar-refractivity contribution in [3.63, 3.8) is 0 Å². The Bertz CT molecular complexity index is 1280. The van der Waals surface area contributed by atoms with Crippen LogP contribution in [-0.4, -0.2) is 21.8 Å². The number of benzene rings is 2. The van der Waals surface area contributed by atoms with Gasteiger partial charge in [0.1, 0.15) is 11.4 Å². The first-order valence-electron chi connectivity index (χ1n) is 9.98. The molecule has 0 bridgehead atoms. The van der Waals surface area contributed by atoms with Gasteiger partial charge in [-0.2, -0.15) is 10.4 Å². The molecule has 0 spiro atoms. The average Bonchev–Trinajstić information content (AvgIpc) is 3.16. The molecule has 148 valence electrons. The van der Waals surface area contributed by atoms with Crippen LogP contribution in [-0.2, 0) is 0 Å². The summed E-state index contributed by atoms with van der Waals surface area (Å²) in [7, 11) is 0. The van der Waals surface area contributed by atoms with Gasteiger partial charge >= 0.3 is 0 Å². The Kier molecular flexibility index (Phi) is 4.36. The maximum atomic E-state index is 9.14. The lowest BCUT2D eigenvalue weighted by molar-refractivity contribution is 0.274. The van der Waals surface area contributed by atoms with Crippen molar-refractivity contribution < 1.29 is 4.74 Å². The summed E-state index contributed by atoms with van der Waals surface area (Å²) >= 11 is 0. The molecule has 0 saturated carbocycles. The predicted molar refractivity (Wildman–Crippen MR) is 116 cm³/mol. The molecule has 0 radical (unpaired) electrons. The summed E-state index contributed by atoms with van der Waals surface area (Å²) < 4.78 is 5.78. The molecule has 0 saturated heterocycles. The summed E-state index contributed by atoms with van der Waals surface area (Å²) in [5, 5.41) is 21.5. The van der Waals surface area contributed by atoms with Crippen LogP contribution < -0.4 is 10.1 Å². The number of nitrogens with one attached hydrogen (secondary N) is 2. The molecular formula is C24H21N5O. The Morgan fingerprint density at radius 2 is 1.93 bits per heavy atom. The molecule has 6 heteroatoms. The number of anilines is 1. The van der Waals surface area contributed by atoms with Crippen molar-refractivity contribution in [3.8, 4) is 23.1 Å². The molecule has 5 rings (SSSR count). The highest BCUT2D eigenvalue weighted by Crippen LogP contribution is 2.36. The highest BCUT2D eigenvalue weighted by molar-refractivity contribution is 5.95. The highest BCUT2D eigenvalue weighted by atomic mass is 16.5. The van der Waals surface area contributed by atoms with Crippen molar-refractivity contribution in [1.29, 1.82) is 5.26 Å². The normalized spacial score (nSPS) is 15.3. The van der Waals surface area contributed by atoms with Crippen LogP contribution in [0, 0.1) is 25.2 Å². The lowest BCUT2D eigenvalue weighted by Crippen LogP contribution is -2.20. The molecule has 1 aliphatic heterocycles. The van der Waals surface area contributed by atoms with Crippen molar-refractivity contribution in [1.82, 2.24) is 15.2 Å². The summed E-state index contributed by atoms with van der Waals surface area (Å²) in [5.41, 5.74) is 7.65. The van der Waals surface area contributed by atoms with E-state index in [1.165, 1.54) is 0 Å². The molecule has 0 aliphatic carbocycles. The van der Waals surface area contributed by atoms with E-state index in [1.54, 1.807) is 0 Å². The van der Waals surface area contributed by atoms with E-state index in [0.717, 1.165) is 57.0 Å². The molecule has 30 heavy (non-hydrogen) atoms. The van der Waals surface area contributed by atoms with Gasteiger partial charge in [0.15, 0.2) is 0 Å². The molecule has 2 N–H and O–H groups in total. The number of fused-ring (bicyclic) bond motifs is 2. The summed E-state index contributed by atoms with van der Waals surface area (Å²) in [6.07, 6.45) is 0.859. The van der Waals surface area contributed by atoms with Gasteiger partial charge in [-0.15, -0.1) is 0 Å². The Labute approximate surface area is 174 Å². The predicted octanol–water partition coefficient (Wildman–Crippen LogP) is 5.05. The van der Waals surface area contributed by atoms with E-state index in [4.69, 9.17) is 10.00 Å². The van der Waals surface area contributed by atoms with E-state index in [2.05, 4.69) is 50.8 Å². The van der Waals surface area contributed by atoms with Crippen molar-refractivity contribution in [2.75, 3.05) is 11.9 Å². The van der Waals surface area contributed by atoms with Crippen LogP contribution in [0.1, 0.15) is 35.0 Å². The van der Waals surface area contributed by atoms with Crippen molar-refractivity contribution in [3.05, 3.63) is 71.0 Å². The van der Waals surface area contributed by atoms with E-state index in [9.17, 15) is 0 Å². The number of nitriles is 1. The number of nitrogens with zero attached hydrogens (tertiary/aromatic N) is 3. The Hall–Kier alpha value is -3.85. The quantitative estimate of drug-likeness (QED) is 0.507. The van der Waals surface area contributed by atoms with E-state index < -0.39 is 0 Å². The van der Waals surface area contributed by atoms with Gasteiger partial charge in [-0.1, -0.05) is 6.07 Å². The van der Waals surface area contributed by atoms with Crippen LogP contribution in [0.25, 0.3) is 22.2 Å². The molecule has 2 aromatic heterocycles. The van der Waals surface area contributed by atoms with E-state index in [0.29, 0.717) is 12.2 Å². The van der Waals surface area contributed by atoms with E-state index in [-0.39, 0.29) is 6.04 Å². The third-order valence-corrected chi connectivity index (χ3v) is 5.44. The third-order valence-electron chi connectivity index (χ3n) is 5.44. The van der Waals surface area contributed by atoms with Gasteiger partial charge in [0.05, 0.1) is 29.8 Å². The minimum atomic E-state index is 0.125. The fraction of sp³-hybridized carbons (Fsp3) is 0.208. The zero-order valence-corrected chi connectivity index (χ0v) is 16.9. The minimum Gasteiger partial charge on any atom is -0.493 e. The van der Waals surface area contributed by atoms with Crippen LogP contribution in [0.5, 0.6) is 5.75 Å². The molecule has 4 aromatic rings. The number of aromatic nitrogens is 3. The number of hydrogen-bond donors (Lipinski definition) is 2. The van der Waals surface area contributed by atoms with Crippen molar-refractivity contribution in [2.24, 2.45) is 0 Å². The zero-order chi connectivity index (χ0) is 20.7. The Morgan fingerprint density at radius 1 is 1.10 bits per heavy atom. The second-order valence-electron chi connectivity index (χ2n) is 7.67. The Morgan fingerprint density at radius 3 is 2.73 bits per heavy atom. The number of rotatable bonds is 3. The van der Waals surface area contributed by atoms with E-state index >= 15 is 0 Å². The molecule has 0 amide bonds. The molecule has 1 aliphatic rings. The number of pyridine rings is 1. The first-order chi connectivity index (χ1) is 14.6. The average molecular weight is 395 g/mol. The second kappa shape index (κ2) is 7.20. The van der Waals surface area contributed by atoms with Crippen LogP contribution in [0.2, 0.25) is 0 Å². The maximum Gasteiger partial charge on any atom is 0.125 e. The topological polar surface area (TPSA) is 86.6 Å². The summed E-state index contributed by atoms with van der Waals surface area (Å²) in [6, 6.07) is 18.3. The lowest BCUT2D eigenvalue weighted by Gasteiger charge is -2.27. The fourth-order valence-corrected chi connectivity index (χ4v) is 4.11. The molecule has 3 heterocycles. The SMILES string of the molecule is Cc1cc(-c2n[nH]c3ccc(N[C@@H]4CCOc5cc(C#N)ccc54)cc23)cc(C)n1. The molecular weight excluding hydrogens is 374 g/mol. The maximum absolute atomic E-state index is 9.14. The molecule has 1 atom stereocenters. The van der Waals surface area contributed by atoms with Crippen molar-refractivity contribution in [2.45, 2.75) is 26.3 Å². The number of aryl methyl sites for hydroxylation is 2. The number of hydrogen-bond acceptors (Lipinski definition) is 5. The molecule has 6 nitrogen and oxygen atoms in total. The number of ether oxygens (including phenoxy) is 1. The smallest absolute Gasteiger partial charge is 0.125 e. The fourth-order valence-electron chi connectivity index (χ4n) is 4.11. The van der Waals surface area contributed by atoms with Gasteiger partial charge in [-0.25, -0.2) is 0 Å². The van der Waals surface area contributed by atoms with Crippen LogP contribution in [0.3, 0.4) is 0 Å². The van der Waals surface area contributed by atoms with Crippen molar-refractivity contribution >= 4 is 16.6 Å². The summed E-state index contributed by atoms with van der Waals surface area (Å²) in [4.78, 5) is 4.47. The third kappa shape index (κ3) is 3.25. The Balaban J connectivity index is 1.50. The van der Waals surface area contributed by atoms with Gasteiger partial charge < -0.3 is 10.1 Å².